The molecule has 0 amide bonds. The van der Waals surface area contributed by atoms with Crippen molar-refractivity contribution in [3.8, 4) is 11.1 Å². The van der Waals surface area contributed by atoms with E-state index in [1.807, 2.05) is 0 Å². The monoisotopic (exact) mass is 475 g/mol. The Bertz CT molecular complexity index is 984. The maximum Gasteiger partial charge on any atom is 0.200 e. The van der Waals surface area contributed by atoms with Crippen LogP contribution in [0.4, 0.5) is 39.5 Å². The largest absolute Gasteiger partial charge is 0.310 e. The molecule has 0 aliphatic heterocycles. The van der Waals surface area contributed by atoms with Crippen LogP contribution in [0.5, 0.6) is 0 Å². The van der Waals surface area contributed by atoms with E-state index < -0.39 is 80.3 Å². The molecule has 0 fully saturated rings. The van der Waals surface area contributed by atoms with E-state index in [2.05, 4.69) is 5.32 Å². The van der Waals surface area contributed by atoms with Gasteiger partial charge >= 0.3 is 0 Å². The predicted octanol–water partition coefficient (Wildman–Crippen LogP) is 5.51. The molecule has 1 N–H and O–H groups in total. The van der Waals surface area contributed by atoms with Gasteiger partial charge in [0.1, 0.15) is 0 Å². The van der Waals surface area contributed by atoms with Crippen LogP contribution >= 0.6 is 11.8 Å². The number of hydrogen-bond donors (Lipinski definition) is 1. The number of halogens is 9. The van der Waals surface area contributed by atoms with Crippen molar-refractivity contribution in [2.75, 3.05) is 12.8 Å². The zero-order chi connectivity index (χ0) is 23.8. The number of likely N-dealkylation sites (N-methyl/N-ethyl adjacent to an activating group) is 1. The Labute approximate surface area is 174 Å². The Hall–Kier alpha value is -2.21. The van der Waals surface area contributed by atoms with Crippen LogP contribution in [0, 0.1) is 58.3 Å². The van der Waals surface area contributed by atoms with E-state index in [1.54, 1.807) is 13.8 Å². The van der Waals surface area contributed by atoms with E-state index in [0.29, 0.717) is 0 Å². The molecule has 0 heterocycles. The Morgan fingerprint density at radius 1 is 0.710 bits per heavy atom. The van der Waals surface area contributed by atoms with Crippen molar-refractivity contribution in [3.05, 3.63) is 52.4 Å². The smallest absolute Gasteiger partial charge is 0.200 e. The lowest BCUT2D eigenvalue weighted by molar-refractivity contribution is -0.123. The summed E-state index contributed by atoms with van der Waals surface area (Å²) in [6.45, 7) is 3.10. The first-order valence-corrected chi connectivity index (χ1v) is 9.56. The number of thioether (sulfide) groups is 1. The first kappa shape index (κ1) is 25.1. The highest BCUT2D eigenvalue weighted by Gasteiger charge is 2.34. The van der Waals surface area contributed by atoms with Gasteiger partial charge in [-0.15, -0.1) is 11.8 Å². The average Bonchev–Trinajstić information content (AvgIpc) is 2.73. The minimum Gasteiger partial charge on any atom is -0.310 e. The lowest BCUT2D eigenvalue weighted by Gasteiger charge is -2.18. The van der Waals surface area contributed by atoms with Gasteiger partial charge in [0.15, 0.2) is 52.3 Å². The van der Waals surface area contributed by atoms with E-state index >= 15 is 0 Å². The molecular formula is C19H14F9NOS. The lowest BCUT2D eigenvalue weighted by Crippen LogP contribution is -2.38. The van der Waals surface area contributed by atoms with Gasteiger partial charge in [0, 0.05) is 11.7 Å². The quantitative estimate of drug-likeness (QED) is 0.248. The lowest BCUT2D eigenvalue weighted by atomic mass is 10.0. The third-order valence-electron chi connectivity index (χ3n) is 4.34. The highest BCUT2D eigenvalue weighted by Crippen LogP contribution is 2.40. The molecule has 1 unspecified atom stereocenters. The number of benzene rings is 2. The average molecular weight is 475 g/mol. The molecule has 0 saturated carbocycles. The van der Waals surface area contributed by atoms with Crippen molar-refractivity contribution in [2.45, 2.75) is 24.8 Å². The number of carbonyl (C=O) groups is 1. The maximum atomic E-state index is 14.5. The molecule has 0 aromatic heterocycles. The molecule has 1 atom stereocenters. The zero-order valence-corrected chi connectivity index (χ0v) is 16.9. The Morgan fingerprint density at radius 3 is 1.42 bits per heavy atom. The van der Waals surface area contributed by atoms with Crippen molar-refractivity contribution in [1.29, 1.82) is 0 Å². The molecule has 2 nitrogen and oxygen atoms in total. The normalized spacial score (nSPS) is 12.5. The van der Waals surface area contributed by atoms with Crippen molar-refractivity contribution in [2.24, 2.45) is 5.92 Å². The van der Waals surface area contributed by atoms with E-state index in [9.17, 15) is 44.3 Å². The van der Waals surface area contributed by atoms with Crippen LogP contribution in [0.15, 0.2) is 4.90 Å². The van der Waals surface area contributed by atoms with E-state index in [0.717, 1.165) is 0 Å². The second kappa shape index (κ2) is 9.51. The second-order valence-electron chi connectivity index (χ2n) is 6.61. The van der Waals surface area contributed by atoms with Crippen LogP contribution in [-0.4, -0.2) is 24.6 Å². The SMILES string of the molecule is CNC(CSc1c(F)c(F)c(-c2c(F)c(F)c(F)c(F)c2F)c(F)c1F)C(=O)C(C)C. The second-order valence-corrected chi connectivity index (χ2v) is 7.64. The molecule has 2 aromatic carbocycles. The number of carbonyl (C=O) groups excluding carboxylic acids is 1. The first-order chi connectivity index (χ1) is 14.4. The summed E-state index contributed by atoms with van der Waals surface area (Å²) in [6, 6.07) is -0.954. The van der Waals surface area contributed by atoms with E-state index in [-0.39, 0.29) is 23.3 Å². The number of rotatable bonds is 7. The first-order valence-electron chi connectivity index (χ1n) is 8.58. The minimum absolute atomic E-state index is 0.192. The number of ketones is 1. The van der Waals surface area contributed by atoms with Crippen molar-refractivity contribution < 1.29 is 44.3 Å². The summed E-state index contributed by atoms with van der Waals surface area (Å²) < 4.78 is 126. The van der Waals surface area contributed by atoms with E-state index in [1.165, 1.54) is 7.05 Å². The van der Waals surface area contributed by atoms with Crippen LogP contribution in [0.1, 0.15) is 13.8 Å². The summed E-state index contributed by atoms with van der Waals surface area (Å²) in [6.07, 6.45) is 0. The summed E-state index contributed by atoms with van der Waals surface area (Å²) in [7, 11) is 1.37. The fraction of sp³-hybridized carbons (Fsp3) is 0.316. The summed E-state index contributed by atoms with van der Waals surface area (Å²) in [5, 5.41) is 2.57. The van der Waals surface area contributed by atoms with Gasteiger partial charge in [0.05, 0.1) is 22.1 Å². The molecule has 0 radical (unpaired) electrons. The maximum absolute atomic E-state index is 14.5. The van der Waals surface area contributed by atoms with Gasteiger partial charge in [0.25, 0.3) is 0 Å². The van der Waals surface area contributed by atoms with Gasteiger partial charge in [-0.25, -0.2) is 39.5 Å². The van der Waals surface area contributed by atoms with Crippen molar-refractivity contribution >= 4 is 17.5 Å². The van der Waals surface area contributed by atoms with Crippen LogP contribution in [0.25, 0.3) is 11.1 Å². The van der Waals surface area contributed by atoms with Gasteiger partial charge in [-0.2, -0.15) is 0 Å². The highest BCUT2D eigenvalue weighted by molar-refractivity contribution is 7.99. The molecule has 12 heteroatoms. The van der Waals surface area contributed by atoms with Gasteiger partial charge in [0.2, 0.25) is 5.82 Å². The predicted molar refractivity (Wildman–Crippen MR) is 94.9 cm³/mol. The highest BCUT2D eigenvalue weighted by atomic mass is 32.2. The standard InChI is InChI=1S/C19H14F9NOS/c1-5(2)18(30)6(29-3)4-31-19-16(27)11(22)8(12(23)17(19)28)7-9(20)13(24)15(26)14(25)10(7)21/h5-6,29H,4H2,1-3H3. The van der Waals surface area contributed by atoms with Gasteiger partial charge < -0.3 is 5.32 Å². The summed E-state index contributed by atoms with van der Waals surface area (Å²) in [4.78, 5) is 10.7. The summed E-state index contributed by atoms with van der Waals surface area (Å²) in [5.74, 6) is -23.2. The van der Waals surface area contributed by atoms with Gasteiger partial charge in [-0.3, -0.25) is 4.79 Å². The molecule has 170 valence electrons. The van der Waals surface area contributed by atoms with Crippen molar-refractivity contribution in [3.63, 3.8) is 0 Å². The third kappa shape index (κ3) is 4.40. The molecule has 0 aliphatic rings. The molecule has 0 spiro atoms. The fourth-order valence-electron chi connectivity index (χ4n) is 2.66. The summed E-state index contributed by atoms with van der Waals surface area (Å²) >= 11 is 0.192. The Kier molecular flexibility index (Phi) is 7.69. The van der Waals surface area contributed by atoms with Crippen LogP contribution in [-0.2, 0) is 4.79 Å². The van der Waals surface area contributed by atoms with Crippen LogP contribution in [0.3, 0.4) is 0 Å². The molecule has 0 aliphatic carbocycles. The fourth-order valence-corrected chi connectivity index (χ4v) is 3.76. The van der Waals surface area contributed by atoms with Crippen LogP contribution < -0.4 is 5.32 Å². The Morgan fingerprint density at radius 2 is 1.06 bits per heavy atom. The molecule has 2 rings (SSSR count). The number of hydrogen-bond acceptors (Lipinski definition) is 3. The van der Waals surface area contributed by atoms with Gasteiger partial charge in [-0.05, 0) is 7.05 Å². The summed E-state index contributed by atoms with van der Waals surface area (Å²) in [5.41, 5.74) is -4.24. The van der Waals surface area contributed by atoms with E-state index in [4.69, 9.17) is 0 Å². The zero-order valence-electron chi connectivity index (χ0n) is 16.1. The topological polar surface area (TPSA) is 29.1 Å². The van der Waals surface area contributed by atoms with Gasteiger partial charge in [-0.1, -0.05) is 13.8 Å². The molecule has 2 aromatic rings. The minimum atomic E-state index is -2.63. The number of Topliss-reactive ketones (excluding diaryl/α,β-unsaturated/α-hetero) is 1. The Balaban J connectivity index is 2.62. The molecule has 0 bridgehead atoms. The van der Waals surface area contributed by atoms with Crippen LogP contribution in [0.2, 0.25) is 0 Å². The van der Waals surface area contributed by atoms with Crippen molar-refractivity contribution in [1.82, 2.24) is 5.32 Å². The molecule has 31 heavy (non-hydrogen) atoms. The molecular weight excluding hydrogens is 461 g/mol. The number of nitrogens with one attached hydrogen (secondary N) is 1. The molecule has 0 saturated heterocycles. The third-order valence-corrected chi connectivity index (χ3v) is 5.49.